The first kappa shape index (κ1) is 21.6. The number of hydrogen-bond acceptors (Lipinski definition) is 6. The zero-order valence-corrected chi connectivity index (χ0v) is 18.7. The van der Waals surface area contributed by atoms with E-state index in [-0.39, 0.29) is 0 Å². The molecular formula is C21H26ClN3O3S. The lowest BCUT2D eigenvalue weighted by molar-refractivity contribution is -0.149. The number of benzene rings is 1. The van der Waals surface area contributed by atoms with Crippen molar-refractivity contribution in [2.75, 3.05) is 31.6 Å². The van der Waals surface area contributed by atoms with E-state index >= 15 is 0 Å². The lowest BCUT2D eigenvalue weighted by atomic mass is 10.0. The number of aromatic nitrogens is 1. The maximum Gasteiger partial charge on any atom is 0.330 e. The molecule has 2 aromatic rings. The third kappa shape index (κ3) is 4.73. The second kappa shape index (κ2) is 9.13. The van der Waals surface area contributed by atoms with Crippen LogP contribution in [0.1, 0.15) is 24.3 Å². The highest BCUT2D eigenvalue weighted by molar-refractivity contribution is 7.16. The van der Waals surface area contributed by atoms with Gasteiger partial charge in [-0.05, 0) is 30.9 Å². The van der Waals surface area contributed by atoms with Crippen LogP contribution in [0.5, 0.6) is 0 Å². The minimum absolute atomic E-state index is 0.369. The first-order valence-electron chi connectivity index (χ1n) is 9.64. The molecule has 8 heteroatoms. The maximum atomic E-state index is 12.1. The summed E-state index contributed by atoms with van der Waals surface area (Å²) >= 11 is 8.00. The predicted octanol–water partition coefficient (Wildman–Crippen LogP) is 3.79. The summed E-state index contributed by atoms with van der Waals surface area (Å²) in [6.45, 7) is 7.78. The molecule has 0 bridgehead atoms. The molecule has 1 saturated heterocycles. The van der Waals surface area contributed by atoms with Crippen molar-refractivity contribution in [1.82, 2.24) is 9.88 Å². The van der Waals surface area contributed by atoms with Crippen molar-refractivity contribution in [3.8, 4) is 11.3 Å². The molecule has 156 valence electrons. The summed E-state index contributed by atoms with van der Waals surface area (Å²) in [5.74, 6) is 0.0731. The molecule has 1 aliphatic heterocycles. The highest BCUT2D eigenvalue weighted by Crippen LogP contribution is 2.36. The van der Waals surface area contributed by atoms with Crippen LogP contribution in [-0.2, 0) is 20.7 Å². The number of thiazole rings is 1. The number of aryl methyl sites for hydroxylation is 1. The monoisotopic (exact) mass is 435 g/mol. The van der Waals surface area contributed by atoms with E-state index in [1.165, 1.54) is 16.9 Å². The average Bonchev–Trinajstić information content (AvgIpc) is 3.12. The Morgan fingerprint density at radius 3 is 2.79 bits per heavy atom. The number of carbonyl (C=O) groups excluding carboxylic acids is 2. The first-order valence-corrected chi connectivity index (χ1v) is 10.8. The van der Waals surface area contributed by atoms with Crippen LogP contribution in [0.2, 0.25) is 5.02 Å². The van der Waals surface area contributed by atoms with Crippen LogP contribution in [0.25, 0.3) is 11.3 Å². The Bertz CT molecular complexity index is 899. The molecule has 0 radical (unpaired) electrons. The summed E-state index contributed by atoms with van der Waals surface area (Å²) in [5, 5.41) is 1.57. The minimum atomic E-state index is -0.624. The van der Waals surface area contributed by atoms with E-state index in [1.807, 2.05) is 25.1 Å². The normalized spacial score (nSPS) is 17.0. The second-order valence-corrected chi connectivity index (χ2v) is 9.13. The van der Waals surface area contributed by atoms with Gasteiger partial charge in [-0.1, -0.05) is 37.6 Å². The van der Waals surface area contributed by atoms with Gasteiger partial charge in [0.2, 0.25) is 6.41 Å². The molecule has 6 nitrogen and oxygen atoms in total. The smallest absolute Gasteiger partial charge is 0.330 e. The van der Waals surface area contributed by atoms with Crippen molar-refractivity contribution in [3.63, 3.8) is 0 Å². The number of ether oxygens (including phenoxy) is 1. The second-order valence-electron chi connectivity index (χ2n) is 7.66. The number of amides is 1. The number of halogens is 1. The Morgan fingerprint density at radius 1 is 1.41 bits per heavy atom. The molecule has 0 N–H and O–H groups in total. The van der Waals surface area contributed by atoms with E-state index in [9.17, 15) is 9.59 Å². The zero-order chi connectivity index (χ0) is 21.1. The molecule has 0 aliphatic carbocycles. The summed E-state index contributed by atoms with van der Waals surface area (Å²) in [7, 11) is 1.34. The van der Waals surface area contributed by atoms with Crippen molar-refractivity contribution >= 4 is 40.4 Å². The molecule has 29 heavy (non-hydrogen) atoms. The Hall–Kier alpha value is -2.12. The summed E-state index contributed by atoms with van der Waals surface area (Å²) in [5.41, 5.74) is 2.96. The molecule has 3 rings (SSSR count). The third-order valence-corrected chi connectivity index (χ3v) is 6.57. The van der Waals surface area contributed by atoms with Gasteiger partial charge in [-0.15, -0.1) is 11.3 Å². The number of carbonyl (C=O) groups is 2. The van der Waals surface area contributed by atoms with Crippen molar-refractivity contribution in [2.45, 2.75) is 33.2 Å². The van der Waals surface area contributed by atoms with E-state index in [0.717, 1.165) is 33.4 Å². The number of hydrogen-bond donors (Lipinski definition) is 0. The Morgan fingerprint density at radius 2 is 2.17 bits per heavy atom. The van der Waals surface area contributed by atoms with Crippen LogP contribution < -0.4 is 4.90 Å². The molecule has 1 fully saturated rings. The van der Waals surface area contributed by atoms with Crippen molar-refractivity contribution < 1.29 is 14.3 Å². The van der Waals surface area contributed by atoms with Crippen molar-refractivity contribution in [1.29, 1.82) is 0 Å². The summed E-state index contributed by atoms with van der Waals surface area (Å²) in [4.78, 5) is 33.2. The number of methoxy groups -OCH3 is 1. The van der Waals surface area contributed by atoms with Gasteiger partial charge in [0.25, 0.3) is 0 Å². The van der Waals surface area contributed by atoms with E-state index in [0.29, 0.717) is 32.0 Å². The quantitative estimate of drug-likeness (QED) is 0.510. The van der Waals surface area contributed by atoms with Crippen LogP contribution >= 0.6 is 22.9 Å². The van der Waals surface area contributed by atoms with Gasteiger partial charge >= 0.3 is 5.97 Å². The first-order chi connectivity index (χ1) is 13.8. The molecule has 1 unspecified atom stereocenters. The van der Waals surface area contributed by atoms with Crippen LogP contribution in [0.4, 0.5) is 5.13 Å². The largest absolute Gasteiger partial charge is 0.467 e. The van der Waals surface area contributed by atoms with Crippen molar-refractivity contribution in [2.24, 2.45) is 5.92 Å². The zero-order valence-electron chi connectivity index (χ0n) is 17.1. The topological polar surface area (TPSA) is 62.7 Å². The van der Waals surface area contributed by atoms with Gasteiger partial charge in [0.05, 0.1) is 19.3 Å². The Balaban J connectivity index is 1.95. The van der Waals surface area contributed by atoms with E-state index in [4.69, 9.17) is 21.3 Å². The molecule has 0 saturated carbocycles. The fourth-order valence-corrected chi connectivity index (χ4v) is 4.90. The van der Waals surface area contributed by atoms with Gasteiger partial charge in [0.15, 0.2) is 5.13 Å². The standard InChI is InChI=1S/C21H26ClN3O3S/c1-13(2)9-18-19(15-6-5-14(3)16(22)10-15)23-21(29-18)24-7-8-25(12-26)17(11-24)20(27)28-4/h5-6,10,12-13,17H,7-9,11H2,1-4H3. The van der Waals surface area contributed by atoms with Gasteiger partial charge in [-0.25, -0.2) is 9.78 Å². The van der Waals surface area contributed by atoms with Gasteiger partial charge in [0.1, 0.15) is 6.04 Å². The molecule has 2 heterocycles. The molecule has 1 aromatic carbocycles. The van der Waals surface area contributed by atoms with E-state index in [1.54, 1.807) is 11.3 Å². The Labute approximate surface area is 180 Å². The summed E-state index contributed by atoms with van der Waals surface area (Å²) < 4.78 is 4.88. The average molecular weight is 436 g/mol. The molecule has 1 amide bonds. The SMILES string of the molecule is COC(=O)C1CN(c2nc(-c3ccc(C)c(Cl)c3)c(CC(C)C)s2)CCN1C=O. The summed E-state index contributed by atoms with van der Waals surface area (Å²) in [6, 6.07) is 5.39. The van der Waals surface area contributed by atoms with Gasteiger partial charge < -0.3 is 14.5 Å². The molecular weight excluding hydrogens is 410 g/mol. The van der Waals surface area contributed by atoms with Crippen LogP contribution in [0.3, 0.4) is 0 Å². The number of piperazine rings is 1. The molecule has 1 atom stereocenters. The third-order valence-electron chi connectivity index (χ3n) is 5.03. The number of nitrogens with zero attached hydrogens (tertiary/aromatic N) is 3. The van der Waals surface area contributed by atoms with E-state index in [2.05, 4.69) is 18.7 Å². The fraction of sp³-hybridized carbons (Fsp3) is 0.476. The van der Waals surface area contributed by atoms with Crippen LogP contribution in [-0.4, -0.2) is 55.0 Å². The Kier molecular flexibility index (Phi) is 6.80. The molecule has 0 spiro atoms. The highest BCUT2D eigenvalue weighted by Gasteiger charge is 2.34. The van der Waals surface area contributed by atoms with Crippen LogP contribution in [0, 0.1) is 12.8 Å². The number of esters is 1. The predicted molar refractivity (Wildman–Crippen MR) is 117 cm³/mol. The summed E-state index contributed by atoms with van der Waals surface area (Å²) in [6.07, 6.45) is 1.62. The molecule has 1 aliphatic rings. The lowest BCUT2D eigenvalue weighted by Crippen LogP contribution is -2.56. The number of rotatable bonds is 6. The highest BCUT2D eigenvalue weighted by atomic mass is 35.5. The fourth-order valence-electron chi connectivity index (χ4n) is 3.39. The number of anilines is 1. The van der Waals surface area contributed by atoms with Gasteiger partial charge in [-0.2, -0.15) is 0 Å². The van der Waals surface area contributed by atoms with Crippen LogP contribution in [0.15, 0.2) is 18.2 Å². The molecule has 1 aromatic heterocycles. The maximum absolute atomic E-state index is 12.1. The van der Waals surface area contributed by atoms with Gasteiger partial charge in [0, 0.05) is 28.6 Å². The van der Waals surface area contributed by atoms with E-state index < -0.39 is 12.0 Å². The van der Waals surface area contributed by atoms with Gasteiger partial charge in [-0.3, -0.25) is 4.79 Å². The van der Waals surface area contributed by atoms with Crippen molar-refractivity contribution in [3.05, 3.63) is 33.7 Å². The lowest BCUT2D eigenvalue weighted by Gasteiger charge is -2.37. The minimum Gasteiger partial charge on any atom is -0.467 e.